The number of methoxy groups -OCH3 is 1. The molecule has 0 aliphatic carbocycles. The Morgan fingerprint density at radius 2 is 1.35 bits per heavy atom. The number of rotatable bonds is 14. The molecule has 3 heteroatoms. The molecule has 0 saturated carbocycles. The van der Waals surface area contributed by atoms with Crippen LogP contribution in [0.25, 0.3) is 0 Å². The van der Waals surface area contributed by atoms with Crippen LogP contribution in [0.5, 0.6) is 0 Å². The van der Waals surface area contributed by atoms with Crippen LogP contribution in [-0.2, 0) is 9.53 Å². The monoisotopic (exact) mass is 286 g/mol. The Labute approximate surface area is 125 Å². The number of unbranched alkanes of at least 4 members (excludes halogenated alkanes) is 10. The van der Waals surface area contributed by atoms with E-state index in [1.807, 2.05) is 0 Å². The Kier molecular flexibility index (Phi) is 14.4. The molecule has 0 aliphatic rings. The fourth-order valence-corrected chi connectivity index (χ4v) is 2.51. The standard InChI is InChI=1S/C17H34O3/c1-3-4-5-6-7-8-9-10-11-12-13-14-16(15-18)17(19)20-2/h16,18H,3-15H2,1-2H3. The molecule has 0 spiro atoms. The first-order valence-corrected chi connectivity index (χ1v) is 8.45. The van der Waals surface area contributed by atoms with Crippen LogP contribution in [0, 0.1) is 5.92 Å². The van der Waals surface area contributed by atoms with Gasteiger partial charge in [0.15, 0.2) is 0 Å². The highest BCUT2D eigenvalue weighted by Gasteiger charge is 2.16. The van der Waals surface area contributed by atoms with Crippen LogP contribution in [0.15, 0.2) is 0 Å². The normalized spacial score (nSPS) is 12.3. The molecule has 1 N–H and O–H groups in total. The van der Waals surface area contributed by atoms with Gasteiger partial charge >= 0.3 is 5.97 Å². The molecule has 0 radical (unpaired) electrons. The summed E-state index contributed by atoms with van der Waals surface area (Å²) >= 11 is 0. The van der Waals surface area contributed by atoms with Crippen LogP contribution in [0.1, 0.15) is 84.0 Å². The highest BCUT2D eigenvalue weighted by molar-refractivity contribution is 5.72. The SMILES string of the molecule is CCCCCCCCCCCCCC(CO)C(=O)OC. The van der Waals surface area contributed by atoms with Gasteiger partial charge < -0.3 is 9.84 Å². The zero-order valence-electron chi connectivity index (χ0n) is 13.5. The first kappa shape index (κ1) is 19.4. The molecular formula is C17H34O3. The lowest BCUT2D eigenvalue weighted by Gasteiger charge is -2.11. The Bertz CT molecular complexity index is 216. The Hall–Kier alpha value is -0.570. The fraction of sp³-hybridized carbons (Fsp3) is 0.941. The molecule has 0 aromatic carbocycles. The van der Waals surface area contributed by atoms with E-state index in [0.29, 0.717) is 0 Å². The Morgan fingerprint density at radius 3 is 1.75 bits per heavy atom. The van der Waals surface area contributed by atoms with Crippen molar-refractivity contribution in [2.75, 3.05) is 13.7 Å². The van der Waals surface area contributed by atoms with Crippen molar-refractivity contribution in [3.63, 3.8) is 0 Å². The van der Waals surface area contributed by atoms with Gasteiger partial charge in [0, 0.05) is 0 Å². The van der Waals surface area contributed by atoms with Crippen LogP contribution < -0.4 is 0 Å². The zero-order valence-corrected chi connectivity index (χ0v) is 13.5. The predicted octanol–water partition coefficient (Wildman–Crippen LogP) is 4.47. The summed E-state index contributed by atoms with van der Waals surface area (Å²) in [5.41, 5.74) is 0. The van der Waals surface area contributed by atoms with E-state index in [2.05, 4.69) is 11.7 Å². The number of aliphatic hydroxyl groups excluding tert-OH is 1. The average molecular weight is 286 g/mol. The van der Waals surface area contributed by atoms with Gasteiger partial charge in [-0.15, -0.1) is 0 Å². The van der Waals surface area contributed by atoms with Gasteiger partial charge in [0.1, 0.15) is 0 Å². The van der Waals surface area contributed by atoms with Crippen LogP contribution in [0.2, 0.25) is 0 Å². The van der Waals surface area contributed by atoms with Gasteiger partial charge in [-0.25, -0.2) is 0 Å². The van der Waals surface area contributed by atoms with Crippen molar-refractivity contribution in [3.05, 3.63) is 0 Å². The minimum Gasteiger partial charge on any atom is -0.469 e. The molecular weight excluding hydrogens is 252 g/mol. The van der Waals surface area contributed by atoms with Crippen molar-refractivity contribution in [1.82, 2.24) is 0 Å². The van der Waals surface area contributed by atoms with E-state index < -0.39 is 0 Å². The van der Waals surface area contributed by atoms with Crippen LogP contribution >= 0.6 is 0 Å². The largest absolute Gasteiger partial charge is 0.469 e. The molecule has 1 unspecified atom stereocenters. The number of ether oxygens (including phenoxy) is 1. The van der Waals surface area contributed by atoms with E-state index in [0.717, 1.165) is 19.3 Å². The van der Waals surface area contributed by atoms with Crippen molar-refractivity contribution in [2.24, 2.45) is 5.92 Å². The van der Waals surface area contributed by atoms with Crippen molar-refractivity contribution < 1.29 is 14.6 Å². The minimum atomic E-state index is -0.321. The van der Waals surface area contributed by atoms with Gasteiger partial charge in [-0.2, -0.15) is 0 Å². The zero-order chi connectivity index (χ0) is 15.1. The van der Waals surface area contributed by atoms with E-state index in [1.54, 1.807) is 0 Å². The molecule has 0 saturated heterocycles. The number of hydrogen-bond donors (Lipinski definition) is 1. The second kappa shape index (κ2) is 14.8. The Morgan fingerprint density at radius 1 is 0.900 bits per heavy atom. The van der Waals surface area contributed by atoms with E-state index in [1.165, 1.54) is 64.9 Å². The maximum atomic E-state index is 11.3. The van der Waals surface area contributed by atoms with Crippen LogP contribution in [0.4, 0.5) is 0 Å². The second-order valence-corrected chi connectivity index (χ2v) is 5.73. The highest BCUT2D eigenvalue weighted by atomic mass is 16.5. The first-order chi connectivity index (χ1) is 9.76. The molecule has 0 aromatic heterocycles. The minimum absolute atomic E-state index is 0.0928. The summed E-state index contributed by atoms with van der Waals surface area (Å²) in [4.78, 5) is 11.3. The molecule has 120 valence electrons. The molecule has 0 heterocycles. The molecule has 3 nitrogen and oxygen atoms in total. The van der Waals surface area contributed by atoms with Gasteiger partial charge in [0.2, 0.25) is 0 Å². The molecule has 20 heavy (non-hydrogen) atoms. The third-order valence-electron chi connectivity index (χ3n) is 3.91. The summed E-state index contributed by atoms with van der Waals surface area (Å²) in [5.74, 6) is -0.599. The summed E-state index contributed by atoms with van der Waals surface area (Å²) in [6, 6.07) is 0. The summed E-state index contributed by atoms with van der Waals surface area (Å²) in [6.45, 7) is 2.16. The lowest BCUT2D eigenvalue weighted by molar-refractivity contribution is -0.147. The molecule has 0 rings (SSSR count). The van der Waals surface area contributed by atoms with Crippen molar-refractivity contribution in [3.8, 4) is 0 Å². The van der Waals surface area contributed by atoms with Crippen LogP contribution in [0.3, 0.4) is 0 Å². The van der Waals surface area contributed by atoms with Gasteiger partial charge in [0.05, 0.1) is 19.6 Å². The van der Waals surface area contributed by atoms with Crippen molar-refractivity contribution >= 4 is 5.97 Å². The number of hydrogen-bond acceptors (Lipinski definition) is 3. The Balaban J connectivity index is 3.25. The van der Waals surface area contributed by atoms with E-state index in [9.17, 15) is 4.79 Å². The lowest BCUT2D eigenvalue weighted by Crippen LogP contribution is -2.19. The van der Waals surface area contributed by atoms with Gasteiger partial charge in [-0.05, 0) is 6.42 Å². The molecule has 0 amide bonds. The van der Waals surface area contributed by atoms with Gasteiger partial charge in [-0.1, -0.05) is 77.6 Å². The number of aliphatic hydroxyl groups is 1. The average Bonchev–Trinajstić information content (AvgIpc) is 2.48. The maximum Gasteiger partial charge on any atom is 0.310 e. The summed E-state index contributed by atoms with van der Waals surface area (Å²) < 4.78 is 4.65. The van der Waals surface area contributed by atoms with E-state index in [-0.39, 0.29) is 18.5 Å². The third kappa shape index (κ3) is 11.3. The number of carbonyl (C=O) groups is 1. The van der Waals surface area contributed by atoms with Crippen LogP contribution in [-0.4, -0.2) is 24.8 Å². The summed E-state index contributed by atoms with van der Waals surface area (Å²) in [5, 5.41) is 9.09. The van der Waals surface area contributed by atoms with E-state index in [4.69, 9.17) is 5.11 Å². The van der Waals surface area contributed by atoms with Gasteiger partial charge in [-0.3, -0.25) is 4.79 Å². The highest BCUT2D eigenvalue weighted by Crippen LogP contribution is 2.14. The van der Waals surface area contributed by atoms with Crippen molar-refractivity contribution in [2.45, 2.75) is 84.0 Å². The molecule has 0 aliphatic heterocycles. The predicted molar refractivity (Wildman–Crippen MR) is 83.7 cm³/mol. The second-order valence-electron chi connectivity index (χ2n) is 5.73. The van der Waals surface area contributed by atoms with E-state index >= 15 is 0 Å². The molecule has 0 aromatic rings. The topological polar surface area (TPSA) is 46.5 Å². The molecule has 0 bridgehead atoms. The number of esters is 1. The lowest BCUT2D eigenvalue weighted by atomic mass is 10.0. The summed E-state index contributed by atoms with van der Waals surface area (Å²) in [6.07, 6.45) is 15.0. The quantitative estimate of drug-likeness (QED) is 0.378. The van der Waals surface area contributed by atoms with Crippen molar-refractivity contribution in [1.29, 1.82) is 0 Å². The van der Waals surface area contributed by atoms with Gasteiger partial charge in [0.25, 0.3) is 0 Å². The third-order valence-corrected chi connectivity index (χ3v) is 3.91. The molecule has 0 fully saturated rings. The fourth-order valence-electron chi connectivity index (χ4n) is 2.51. The number of carbonyl (C=O) groups excluding carboxylic acids is 1. The molecule has 1 atom stereocenters. The maximum absolute atomic E-state index is 11.3. The summed E-state index contributed by atoms with van der Waals surface area (Å²) in [7, 11) is 1.38. The smallest absolute Gasteiger partial charge is 0.310 e. The first-order valence-electron chi connectivity index (χ1n) is 8.45.